The van der Waals surface area contributed by atoms with E-state index in [2.05, 4.69) is 5.10 Å². The van der Waals surface area contributed by atoms with E-state index in [-0.39, 0.29) is 5.82 Å². The zero-order valence-corrected chi connectivity index (χ0v) is 8.38. The Kier molecular flexibility index (Phi) is 3.03. The van der Waals surface area contributed by atoms with Crippen LogP contribution in [0.1, 0.15) is 25.1 Å². The van der Waals surface area contributed by atoms with Crippen LogP contribution in [0.25, 0.3) is 0 Å². The lowest BCUT2D eigenvalue weighted by Gasteiger charge is -2.07. The predicted octanol–water partition coefficient (Wildman–Crippen LogP) is 1.14. The molecule has 1 atom stereocenters. The molecule has 15 heavy (non-hydrogen) atoms. The predicted molar refractivity (Wildman–Crippen MR) is 50.6 cm³/mol. The van der Waals surface area contributed by atoms with E-state index in [4.69, 9.17) is 5.11 Å². The standard InChI is InChI=1S/C8H11N3O4/c1-3-6(8(12)13)10-5(2)4-7(9-10)11(14)15/h4,6H,3H2,1-2H3,(H,12,13)/t6-/m0/s1. The lowest BCUT2D eigenvalue weighted by atomic mass is 10.2. The van der Waals surface area contributed by atoms with Crippen LogP contribution in [0.2, 0.25) is 0 Å². The van der Waals surface area contributed by atoms with Crippen LogP contribution in [0.5, 0.6) is 0 Å². The Bertz CT molecular complexity index is 399. The van der Waals surface area contributed by atoms with E-state index in [0.29, 0.717) is 12.1 Å². The van der Waals surface area contributed by atoms with Gasteiger partial charge in [0.2, 0.25) is 0 Å². The maximum absolute atomic E-state index is 10.8. The average molecular weight is 213 g/mol. The molecule has 7 heteroatoms. The summed E-state index contributed by atoms with van der Waals surface area (Å²) in [7, 11) is 0. The van der Waals surface area contributed by atoms with Crippen molar-refractivity contribution in [3.05, 3.63) is 21.9 Å². The Morgan fingerprint density at radius 2 is 2.40 bits per heavy atom. The number of carbonyl (C=O) groups is 1. The van der Waals surface area contributed by atoms with E-state index in [1.807, 2.05) is 0 Å². The van der Waals surface area contributed by atoms with Crippen LogP contribution in [0.4, 0.5) is 5.82 Å². The first-order chi connectivity index (χ1) is 6.97. The summed E-state index contributed by atoms with van der Waals surface area (Å²) in [5.41, 5.74) is 0.468. The molecule has 1 heterocycles. The van der Waals surface area contributed by atoms with E-state index >= 15 is 0 Å². The third kappa shape index (κ3) is 2.12. The number of rotatable bonds is 4. The lowest BCUT2D eigenvalue weighted by molar-refractivity contribution is -0.389. The van der Waals surface area contributed by atoms with Crippen LogP contribution in [0.15, 0.2) is 6.07 Å². The van der Waals surface area contributed by atoms with Crippen molar-refractivity contribution in [3.63, 3.8) is 0 Å². The topological polar surface area (TPSA) is 98.3 Å². The molecule has 0 aliphatic heterocycles. The molecule has 82 valence electrons. The van der Waals surface area contributed by atoms with E-state index in [1.165, 1.54) is 10.7 Å². The summed E-state index contributed by atoms with van der Waals surface area (Å²) >= 11 is 0. The fraction of sp³-hybridized carbons (Fsp3) is 0.500. The highest BCUT2D eigenvalue weighted by atomic mass is 16.6. The van der Waals surface area contributed by atoms with Gasteiger partial charge in [-0.25, -0.2) is 4.79 Å². The second-order valence-electron chi connectivity index (χ2n) is 3.11. The first-order valence-corrected chi connectivity index (χ1v) is 4.40. The normalized spacial score (nSPS) is 12.4. The van der Waals surface area contributed by atoms with E-state index in [1.54, 1.807) is 13.8 Å². The average Bonchev–Trinajstić information content (AvgIpc) is 2.49. The molecule has 0 aliphatic rings. The summed E-state index contributed by atoms with van der Waals surface area (Å²) in [6, 6.07) is 0.407. The van der Waals surface area contributed by atoms with Crippen LogP contribution in [-0.2, 0) is 4.79 Å². The van der Waals surface area contributed by atoms with Crippen LogP contribution < -0.4 is 0 Å². The second kappa shape index (κ2) is 4.07. The summed E-state index contributed by atoms with van der Waals surface area (Å²) in [6.45, 7) is 3.28. The largest absolute Gasteiger partial charge is 0.480 e. The number of carboxylic acid groups (broad SMARTS) is 1. The van der Waals surface area contributed by atoms with Crippen molar-refractivity contribution in [2.24, 2.45) is 0 Å². The molecule has 0 bridgehead atoms. The van der Waals surface area contributed by atoms with Gasteiger partial charge in [0.05, 0.1) is 16.9 Å². The molecular formula is C8H11N3O4. The summed E-state index contributed by atoms with van der Waals surface area (Å²) in [5.74, 6) is -1.37. The molecule has 0 saturated heterocycles. The molecule has 1 aromatic heterocycles. The number of carboxylic acids is 1. The maximum atomic E-state index is 10.8. The van der Waals surface area contributed by atoms with Gasteiger partial charge in [-0.2, -0.15) is 4.68 Å². The number of nitrogens with zero attached hydrogens (tertiary/aromatic N) is 3. The minimum Gasteiger partial charge on any atom is -0.480 e. The first-order valence-electron chi connectivity index (χ1n) is 4.40. The molecule has 1 aromatic rings. The first kappa shape index (κ1) is 11.2. The quantitative estimate of drug-likeness (QED) is 0.597. The molecule has 7 nitrogen and oxygen atoms in total. The molecule has 1 N–H and O–H groups in total. The van der Waals surface area contributed by atoms with Gasteiger partial charge in [-0.15, -0.1) is 0 Å². The fourth-order valence-electron chi connectivity index (χ4n) is 1.33. The Morgan fingerprint density at radius 3 is 2.73 bits per heavy atom. The van der Waals surface area contributed by atoms with E-state index < -0.39 is 16.9 Å². The van der Waals surface area contributed by atoms with Crippen LogP contribution in [0, 0.1) is 17.0 Å². The van der Waals surface area contributed by atoms with Crippen LogP contribution >= 0.6 is 0 Å². The van der Waals surface area contributed by atoms with Gasteiger partial charge in [0.15, 0.2) is 6.04 Å². The Hall–Kier alpha value is -1.92. The molecular weight excluding hydrogens is 202 g/mol. The van der Waals surface area contributed by atoms with Crippen molar-refractivity contribution in [1.29, 1.82) is 0 Å². The fourth-order valence-corrected chi connectivity index (χ4v) is 1.33. The number of aliphatic carboxylic acids is 1. The second-order valence-corrected chi connectivity index (χ2v) is 3.11. The molecule has 0 amide bonds. The van der Waals surface area contributed by atoms with Crippen molar-refractivity contribution in [2.45, 2.75) is 26.3 Å². The summed E-state index contributed by atoms with van der Waals surface area (Å²) in [6.07, 6.45) is 0.328. The van der Waals surface area contributed by atoms with Gasteiger partial charge in [-0.3, -0.25) is 0 Å². The molecule has 0 aliphatic carbocycles. The molecule has 0 aromatic carbocycles. The summed E-state index contributed by atoms with van der Waals surface area (Å²) in [5, 5.41) is 22.9. The number of hydrogen-bond acceptors (Lipinski definition) is 4. The van der Waals surface area contributed by atoms with Crippen LogP contribution in [0.3, 0.4) is 0 Å². The molecule has 0 radical (unpaired) electrons. The highest BCUT2D eigenvalue weighted by molar-refractivity contribution is 5.71. The third-order valence-corrected chi connectivity index (χ3v) is 2.06. The Balaban J connectivity index is 3.13. The van der Waals surface area contributed by atoms with Gasteiger partial charge in [0, 0.05) is 0 Å². The van der Waals surface area contributed by atoms with Gasteiger partial charge in [-0.1, -0.05) is 6.92 Å². The number of aromatic nitrogens is 2. The van der Waals surface area contributed by atoms with Gasteiger partial charge in [-0.05, 0) is 18.3 Å². The smallest absolute Gasteiger partial charge is 0.390 e. The highest BCUT2D eigenvalue weighted by Crippen LogP contribution is 2.18. The maximum Gasteiger partial charge on any atom is 0.390 e. The Morgan fingerprint density at radius 1 is 1.80 bits per heavy atom. The third-order valence-electron chi connectivity index (χ3n) is 2.06. The van der Waals surface area contributed by atoms with Crippen LogP contribution in [-0.4, -0.2) is 25.8 Å². The van der Waals surface area contributed by atoms with Gasteiger partial charge in [0.25, 0.3) is 0 Å². The molecule has 0 saturated carbocycles. The van der Waals surface area contributed by atoms with E-state index in [9.17, 15) is 14.9 Å². The molecule has 0 unspecified atom stereocenters. The van der Waals surface area contributed by atoms with Gasteiger partial charge >= 0.3 is 11.8 Å². The van der Waals surface area contributed by atoms with Crippen molar-refractivity contribution in [2.75, 3.05) is 0 Å². The monoisotopic (exact) mass is 213 g/mol. The number of nitro groups is 1. The van der Waals surface area contributed by atoms with Gasteiger partial charge in [0.1, 0.15) is 0 Å². The summed E-state index contributed by atoms with van der Waals surface area (Å²) in [4.78, 5) is 20.6. The molecule has 0 spiro atoms. The van der Waals surface area contributed by atoms with Gasteiger partial charge < -0.3 is 15.2 Å². The zero-order valence-electron chi connectivity index (χ0n) is 8.38. The van der Waals surface area contributed by atoms with E-state index in [0.717, 1.165) is 0 Å². The summed E-state index contributed by atoms with van der Waals surface area (Å²) < 4.78 is 1.17. The van der Waals surface area contributed by atoms with Crippen molar-refractivity contribution >= 4 is 11.8 Å². The highest BCUT2D eigenvalue weighted by Gasteiger charge is 2.26. The van der Waals surface area contributed by atoms with Crippen molar-refractivity contribution < 1.29 is 14.8 Å². The lowest BCUT2D eigenvalue weighted by Crippen LogP contribution is -2.20. The minimum absolute atomic E-state index is 0.327. The van der Waals surface area contributed by atoms with Crippen molar-refractivity contribution in [3.8, 4) is 0 Å². The Labute approximate surface area is 85.5 Å². The number of hydrogen-bond donors (Lipinski definition) is 1. The zero-order chi connectivity index (χ0) is 11.6. The SMILES string of the molecule is CC[C@@H](C(=O)O)n1nc([N+](=O)[O-])cc1C. The molecule has 0 fully saturated rings. The molecule has 1 rings (SSSR count). The minimum atomic E-state index is -1.04. The number of aryl methyl sites for hydroxylation is 1. The van der Waals surface area contributed by atoms with Crippen molar-refractivity contribution in [1.82, 2.24) is 9.78 Å².